The Kier molecular flexibility index (Phi) is 7.68. The van der Waals surface area contributed by atoms with Gasteiger partial charge in [0.1, 0.15) is 0 Å². The summed E-state index contributed by atoms with van der Waals surface area (Å²) in [7, 11) is 0. The van der Waals surface area contributed by atoms with E-state index in [2.05, 4.69) is 0 Å². The van der Waals surface area contributed by atoms with Gasteiger partial charge < -0.3 is 10.2 Å². The Morgan fingerprint density at radius 2 is 1.80 bits per heavy atom. The fourth-order valence-electron chi connectivity index (χ4n) is 0.261. The molecule has 1 radical (unpaired) electrons. The van der Waals surface area contributed by atoms with Gasteiger partial charge in [0.25, 0.3) is 0 Å². The maximum Gasteiger partial charge on any atom is 0.327 e. The first kappa shape index (κ1) is 12.0. The van der Waals surface area contributed by atoms with Crippen LogP contribution in [-0.2, 0) is 9.59 Å². The zero-order valence-corrected chi connectivity index (χ0v) is 5.57. The van der Waals surface area contributed by atoms with E-state index < -0.39 is 11.9 Å². The second-order valence-electron chi connectivity index (χ2n) is 1.34. The molecule has 4 nitrogen and oxygen atoms in total. The van der Waals surface area contributed by atoms with Gasteiger partial charge in [-0.25, -0.2) is 4.79 Å². The average Bonchev–Trinajstić information content (AvgIpc) is 1.63. The Bertz CT molecular complexity index is 152. The van der Waals surface area contributed by atoms with Crippen LogP contribution in [0.2, 0.25) is 0 Å². The second-order valence-corrected chi connectivity index (χ2v) is 1.34. The number of hydrogen-bond acceptors (Lipinski definition) is 2. The third-order valence-corrected chi connectivity index (χ3v) is 0.553. The zero-order chi connectivity index (χ0) is 7.28. The quantitative estimate of drug-likeness (QED) is 0.414. The van der Waals surface area contributed by atoms with Gasteiger partial charge in [-0.15, -0.1) is 0 Å². The van der Waals surface area contributed by atoms with Crippen molar-refractivity contribution in [2.24, 2.45) is 0 Å². The van der Waals surface area contributed by atoms with E-state index in [9.17, 15) is 9.59 Å². The van der Waals surface area contributed by atoms with Crippen LogP contribution in [0.1, 0.15) is 6.42 Å². The Balaban J connectivity index is 0. The number of carbonyl (C=O) groups is 2. The number of rotatable bonds is 3. The van der Waals surface area contributed by atoms with Crippen molar-refractivity contribution in [3.05, 3.63) is 12.2 Å². The molecule has 0 aromatic rings. The molecule has 5 heteroatoms. The van der Waals surface area contributed by atoms with Crippen molar-refractivity contribution in [2.75, 3.05) is 0 Å². The van der Waals surface area contributed by atoms with Crippen molar-refractivity contribution in [3.8, 4) is 0 Å². The number of aliphatic carboxylic acids is 2. The molecule has 51 valence electrons. The van der Waals surface area contributed by atoms with Gasteiger partial charge in [0.05, 0.1) is 6.42 Å². The molecule has 0 aromatic carbocycles. The summed E-state index contributed by atoms with van der Waals surface area (Å²) in [5.41, 5.74) is 0. The van der Waals surface area contributed by atoms with E-state index >= 15 is 0 Å². The molecule has 0 aromatic heterocycles. The van der Waals surface area contributed by atoms with Crippen molar-refractivity contribution >= 4 is 30.8 Å². The maximum absolute atomic E-state index is 9.74. The summed E-state index contributed by atoms with van der Waals surface area (Å²) in [5.74, 6) is -2.16. The molecule has 0 heterocycles. The van der Waals surface area contributed by atoms with Gasteiger partial charge in [-0.05, 0) is 0 Å². The van der Waals surface area contributed by atoms with Gasteiger partial charge >= 0.3 is 11.9 Å². The molecule has 0 fully saturated rings. The van der Waals surface area contributed by atoms with Gasteiger partial charge in [-0.2, -0.15) is 0 Å². The van der Waals surface area contributed by atoms with Crippen LogP contribution in [0.3, 0.4) is 0 Å². The van der Waals surface area contributed by atoms with Crippen LogP contribution in [0.15, 0.2) is 12.2 Å². The van der Waals surface area contributed by atoms with E-state index in [1.54, 1.807) is 0 Å². The minimum Gasteiger partial charge on any atom is -0.481 e. The first-order valence-electron chi connectivity index (χ1n) is 2.24. The van der Waals surface area contributed by atoms with Crippen LogP contribution in [-0.4, -0.2) is 41.0 Å². The summed E-state index contributed by atoms with van der Waals surface area (Å²) in [6, 6.07) is 0. The van der Waals surface area contributed by atoms with E-state index in [0.717, 1.165) is 12.2 Å². The minimum absolute atomic E-state index is 0. The number of carboxylic acids is 2. The van der Waals surface area contributed by atoms with Crippen molar-refractivity contribution in [1.82, 2.24) is 0 Å². The summed E-state index contributed by atoms with van der Waals surface area (Å²) >= 11 is 0. The molecule has 10 heavy (non-hydrogen) atoms. The summed E-state index contributed by atoms with van der Waals surface area (Å²) in [6.45, 7) is 0. The van der Waals surface area contributed by atoms with Gasteiger partial charge in [-0.1, -0.05) is 6.08 Å². The predicted octanol–water partition coefficient (Wildman–Crippen LogP) is -0.279. The molecule has 0 amide bonds. The van der Waals surface area contributed by atoms with Crippen molar-refractivity contribution < 1.29 is 19.8 Å². The Morgan fingerprint density at radius 1 is 1.30 bits per heavy atom. The molecule has 0 spiro atoms. The molecule has 0 atom stereocenters. The van der Waals surface area contributed by atoms with Gasteiger partial charge in [0.15, 0.2) is 0 Å². The molecule has 0 saturated heterocycles. The van der Waals surface area contributed by atoms with E-state index in [1.165, 1.54) is 0 Å². The van der Waals surface area contributed by atoms with E-state index in [1.807, 2.05) is 0 Å². The smallest absolute Gasteiger partial charge is 0.327 e. The first-order chi connectivity index (χ1) is 4.13. The second kappa shape index (κ2) is 6.40. The zero-order valence-electron chi connectivity index (χ0n) is 5.57. The van der Waals surface area contributed by atoms with Crippen molar-refractivity contribution in [2.45, 2.75) is 6.42 Å². The van der Waals surface area contributed by atoms with E-state index in [0.29, 0.717) is 0 Å². The molecule has 2 N–H and O–H groups in total. The van der Waals surface area contributed by atoms with Crippen molar-refractivity contribution in [3.63, 3.8) is 0 Å². The predicted molar refractivity (Wildman–Crippen MR) is 34.8 cm³/mol. The van der Waals surface area contributed by atoms with Crippen molar-refractivity contribution in [1.29, 1.82) is 0 Å². The number of hydrogen-bond donors (Lipinski definition) is 2. The van der Waals surface area contributed by atoms with Crippen LogP contribution >= 0.6 is 0 Å². The van der Waals surface area contributed by atoms with Crippen LogP contribution in [0, 0.1) is 0 Å². The molecule has 0 bridgehead atoms. The Labute approximate surface area is 69.7 Å². The third-order valence-electron chi connectivity index (χ3n) is 0.553. The SMILES string of the molecule is O=C(O)C=CCC(=O)O.[Li]. The van der Waals surface area contributed by atoms with Crippen LogP contribution in [0.4, 0.5) is 0 Å². The number of carboxylic acid groups (broad SMARTS) is 2. The first-order valence-corrected chi connectivity index (χ1v) is 2.24. The Morgan fingerprint density at radius 3 is 2.10 bits per heavy atom. The molecular formula is C5H6LiO4. The monoisotopic (exact) mass is 137 g/mol. The molecule has 0 saturated carbocycles. The molecular weight excluding hydrogens is 131 g/mol. The normalized spacial score (nSPS) is 8.80. The standard InChI is InChI=1S/C5H6O4.Li/c6-4(7)2-1-3-5(8)9;/h1-2H,3H2,(H,6,7)(H,8,9);. The van der Waals surface area contributed by atoms with E-state index in [4.69, 9.17) is 10.2 Å². The van der Waals surface area contributed by atoms with E-state index in [-0.39, 0.29) is 25.3 Å². The minimum atomic E-state index is -1.13. The fourth-order valence-corrected chi connectivity index (χ4v) is 0.261. The average molecular weight is 137 g/mol. The molecule has 0 aliphatic rings. The molecule has 0 unspecified atom stereocenters. The van der Waals surface area contributed by atoms with Crippen LogP contribution in [0.25, 0.3) is 0 Å². The molecule has 0 rings (SSSR count). The summed E-state index contributed by atoms with van der Waals surface area (Å²) in [6.07, 6.45) is 1.63. The summed E-state index contributed by atoms with van der Waals surface area (Å²) in [4.78, 5) is 19.4. The fraction of sp³-hybridized carbons (Fsp3) is 0.200. The van der Waals surface area contributed by atoms with Gasteiger partial charge in [-0.3, -0.25) is 4.79 Å². The summed E-state index contributed by atoms with van der Waals surface area (Å²) < 4.78 is 0. The summed E-state index contributed by atoms with van der Waals surface area (Å²) in [5, 5.41) is 15.9. The van der Waals surface area contributed by atoms with Crippen LogP contribution < -0.4 is 0 Å². The third kappa shape index (κ3) is 10.3. The Hall–Kier alpha value is -0.723. The van der Waals surface area contributed by atoms with Crippen LogP contribution in [0.5, 0.6) is 0 Å². The topological polar surface area (TPSA) is 74.6 Å². The molecule has 0 aliphatic heterocycles. The van der Waals surface area contributed by atoms with Gasteiger partial charge in [0.2, 0.25) is 0 Å². The largest absolute Gasteiger partial charge is 0.481 e. The van der Waals surface area contributed by atoms with Gasteiger partial charge in [0, 0.05) is 24.9 Å². The molecule has 0 aliphatic carbocycles. The maximum atomic E-state index is 9.74.